The van der Waals surface area contributed by atoms with Gasteiger partial charge in [0.15, 0.2) is 6.61 Å². The maximum atomic E-state index is 12.1. The van der Waals surface area contributed by atoms with Crippen molar-refractivity contribution in [3.05, 3.63) is 59.7 Å². The Morgan fingerprint density at radius 1 is 1.20 bits per heavy atom. The standard InChI is InChI=1S/C19H17N3O3/c20-11-14-5-7-15(8-6-14)12-21-18(23)9-10-22-16-3-1-2-4-17(16)25-13-19(22)24/h1-8H,9-10,12-13H2,(H,21,23). The SMILES string of the molecule is N#Cc1ccc(CNC(=O)CCN2C(=O)COc3ccccc32)cc1. The number of nitriles is 1. The smallest absolute Gasteiger partial charge is 0.265 e. The van der Waals surface area contributed by atoms with Gasteiger partial charge in [-0.2, -0.15) is 5.26 Å². The van der Waals surface area contributed by atoms with Gasteiger partial charge in [-0.1, -0.05) is 24.3 Å². The number of rotatable bonds is 5. The van der Waals surface area contributed by atoms with Gasteiger partial charge in [-0.05, 0) is 29.8 Å². The van der Waals surface area contributed by atoms with E-state index >= 15 is 0 Å². The summed E-state index contributed by atoms with van der Waals surface area (Å²) in [6, 6.07) is 16.4. The van der Waals surface area contributed by atoms with E-state index in [4.69, 9.17) is 10.00 Å². The van der Waals surface area contributed by atoms with Crippen molar-refractivity contribution in [3.63, 3.8) is 0 Å². The fourth-order valence-electron chi connectivity index (χ4n) is 2.60. The van der Waals surface area contributed by atoms with E-state index in [1.54, 1.807) is 41.3 Å². The van der Waals surface area contributed by atoms with E-state index in [0.29, 0.717) is 30.1 Å². The second-order valence-corrected chi connectivity index (χ2v) is 5.64. The van der Waals surface area contributed by atoms with Gasteiger partial charge in [0.1, 0.15) is 5.75 Å². The topological polar surface area (TPSA) is 82.4 Å². The molecule has 6 nitrogen and oxygen atoms in total. The highest BCUT2D eigenvalue weighted by Gasteiger charge is 2.25. The molecule has 0 bridgehead atoms. The average molecular weight is 335 g/mol. The molecule has 2 amide bonds. The largest absolute Gasteiger partial charge is 0.482 e. The number of hydrogen-bond acceptors (Lipinski definition) is 4. The molecule has 0 radical (unpaired) electrons. The van der Waals surface area contributed by atoms with Gasteiger partial charge in [-0.15, -0.1) is 0 Å². The number of carbonyl (C=O) groups excluding carboxylic acids is 2. The van der Waals surface area contributed by atoms with Crippen LogP contribution in [-0.2, 0) is 16.1 Å². The molecule has 25 heavy (non-hydrogen) atoms. The average Bonchev–Trinajstić information content (AvgIpc) is 2.66. The molecule has 1 N–H and O–H groups in total. The molecular weight excluding hydrogens is 318 g/mol. The summed E-state index contributed by atoms with van der Waals surface area (Å²) < 4.78 is 5.38. The Balaban J connectivity index is 1.53. The van der Waals surface area contributed by atoms with E-state index in [-0.39, 0.29) is 24.8 Å². The number of fused-ring (bicyclic) bond motifs is 1. The molecule has 6 heteroatoms. The molecule has 126 valence electrons. The van der Waals surface area contributed by atoms with E-state index in [1.807, 2.05) is 12.1 Å². The van der Waals surface area contributed by atoms with Gasteiger partial charge in [-0.3, -0.25) is 9.59 Å². The maximum absolute atomic E-state index is 12.1. The van der Waals surface area contributed by atoms with Gasteiger partial charge in [0, 0.05) is 19.5 Å². The lowest BCUT2D eigenvalue weighted by Gasteiger charge is -2.29. The zero-order valence-electron chi connectivity index (χ0n) is 13.6. The molecule has 0 aromatic heterocycles. The number of benzene rings is 2. The lowest BCUT2D eigenvalue weighted by Crippen LogP contribution is -2.41. The van der Waals surface area contributed by atoms with Crippen molar-refractivity contribution in [2.75, 3.05) is 18.1 Å². The Bertz CT molecular complexity index is 825. The minimum Gasteiger partial charge on any atom is -0.482 e. The van der Waals surface area contributed by atoms with Crippen LogP contribution in [0.4, 0.5) is 5.69 Å². The van der Waals surface area contributed by atoms with Crippen molar-refractivity contribution in [1.29, 1.82) is 5.26 Å². The number of hydrogen-bond donors (Lipinski definition) is 1. The van der Waals surface area contributed by atoms with Gasteiger partial charge in [-0.25, -0.2) is 0 Å². The van der Waals surface area contributed by atoms with Crippen LogP contribution in [0, 0.1) is 11.3 Å². The number of amides is 2. The molecule has 2 aromatic carbocycles. The molecule has 0 aliphatic carbocycles. The summed E-state index contributed by atoms with van der Waals surface area (Å²) in [5.41, 5.74) is 2.19. The van der Waals surface area contributed by atoms with Gasteiger partial charge in [0.25, 0.3) is 5.91 Å². The Labute approximate surface area is 145 Å². The summed E-state index contributed by atoms with van der Waals surface area (Å²) in [4.78, 5) is 25.7. The van der Waals surface area contributed by atoms with Crippen LogP contribution in [0.3, 0.4) is 0 Å². The van der Waals surface area contributed by atoms with Crippen molar-refractivity contribution < 1.29 is 14.3 Å². The lowest BCUT2D eigenvalue weighted by atomic mass is 10.1. The van der Waals surface area contributed by atoms with Gasteiger partial charge < -0.3 is 15.0 Å². The summed E-state index contributed by atoms with van der Waals surface area (Å²) in [5.74, 6) is 0.361. The third-order valence-electron chi connectivity index (χ3n) is 3.94. The second kappa shape index (κ2) is 7.49. The number of ether oxygens (including phenoxy) is 1. The van der Waals surface area contributed by atoms with Gasteiger partial charge >= 0.3 is 0 Å². The monoisotopic (exact) mass is 335 g/mol. The summed E-state index contributed by atoms with van der Waals surface area (Å²) in [6.45, 7) is 0.681. The molecule has 2 aromatic rings. The molecule has 1 heterocycles. The molecular formula is C19H17N3O3. The zero-order chi connectivity index (χ0) is 17.6. The minimum absolute atomic E-state index is 0.0100. The maximum Gasteiger partial charge on any atom is 0.265 e. The highest BCUT2D eigenvalue weighted by Crippen LogP contribution is 2.31. The van der Waals surface area contributed by atoms with Crippen LogP contribution in [-0.4, -0.2) is 25.0 Å². The fourth-order valence-corrected chi connectivity index (χ4v) is 2.60. The molecule has 0 spiro atoms. The van der Waals surface area contributed by atoms with E-state index < -0.39 is 0 Å². The fraction of sp³-hybridized carbons (Fsp3) is 0.211. The van der Waals surface area contributed by atoms with E-state index in [0.717, 1.165) is 5.56 Å². The lowest BCUT2D eigenvalue weighted by molar-refractivity contribution is -0.122. The molecule has 1 aliphatic rings. The van der Waals surface area contributed by atoms with Crippen molar-refractivity contribution in [2.24, 2.45) is 0 Å². The summed E-state index contributed by atoms with van der Waals surface area (Å²) in [6.07, 6.45) is 0.205. The van der Waals surface area contributed by atoms with Crippen molar-refractivity contribution in [2.45, 2.75) is 13.0 Å². The Morgan fingerprint density at radius 2 is 1.96 bits per heavy atom. The van der Waals surface area contributed by atoms with Crippen LogP contribution in [0.15, 0.2) is 48.5 Å². The minimum atomic E-state index is -0.154. The molecule has 3 rings (SSSR count). The van der Waals surface area contributed by atoms with Crippen molar-refractivity contribution >= 4 is 17.5 Å². The number of para-hydroxylation sites is 2. The first-order valence-corrected chi connectivity index (χ1v) is 7.95. The second-order valence-electron chi connectivity index (χ2n) is 5.64. The van der Waals surface area contributed by atoms with Crippen LogP contribution in [0.5, 0.6) is 5.75 Å². The molecule has 0 fully saturated rings. The quantitative estimate of drug-likeness (QED) is 0.906. The highest BCUT2D eigenvalue weighted by molar-refractivity contribution is 5.98. The van der Waals surface area contributed by atoms with Crippen LogP contribution < -0.4 is 15.0 Å². The van der Waals surface area contributed by atoms with Crippen LogP contribution in [0.25, 0.3) is 0 Å². The zero-order valence-corrected chi connectivity index (χ0v) is 13.6. The highest BCUT2D eigenvalue weighted by atomic mass is 16.5. The predicted molar refractivity (Wildman–Crippen MR) is 91.9 cm³/mol. The van der Waals surface area contributed by atoms with Gasteiger partial charge in [0.05, 0.1) is 17.3 Å². The molecule has 0 unspecified atom stereocenters. The number of nitrogens with one attached hydrogen (secondary N) is 1. The molecule has 0 saturated carbocycles. The van der Waals surface area contributed by atoms with Crippen LogP contribution >= 0.6 is 0 Å². The summed E-state index contributed by atoms with van der Waals surface area (Å²) >= 11 is 0. The Hall–Kier alpha value is -3.33. The normalized spacial score (nSPS) is 12.8. The summed E-state index contributed by atoms with van der Waals surface area (Å²) in [7, 11) is 0. The Kier molecular flexibility index (Phi) is 4.95. The molecule has 0 saturated heterocycles. The Morgan fingerprint density at radius 3 is 2.72 bits per heavy atom. The predicted octanol–water partition coefficient (Wildman–Crippen LogP) is 1.99. The third kappa shape index (κ3) is 3.96. The van der Waals surface area contributed by atoms with Crippen LogP contribution in [0.1, 0.15) is 17.5 Å². The van der Waals surface area contributed by atoms with Gasteiger partial charge in [0.2, 0.25) is 5.91 Å². The van der Waals surface area contributed by atoms with Crippen molar-refractivity contribution in [1.82, 2.24) is 5.32 Å². The van der Waals surface area contributed by atoms with E-state index in [2.05, 4.69) is 11.4 Å². The molecule has 1 aliphatic heterocycles. The number of anilines is 1. The number of carbonyl (C=O) groups is 2. The van der Waals surface area contributed by atoms with Crippen molar-refractivity contribution in [3.8, 4) is 11.8 Å². The first-order chi connectivity index (χ1) is 12.2. The first kappa shape index (κ1) is 16.5. The first-order valence-electron chi connectivity index (χ1n) is 7.95. The van der Waals surface area contributed by atoms with Crippen LogP contribution in [0.2, 0.25) is 0 Å². The molecule has 0 atom stereocenters. The third-order valence-corrected chi connectivity index (χ3v) is 3.94. The van der Waals surface area contributed by atoms with E-state index in [1.165, 1.54) is 0 Å². The number of nitrogens with zero attached hydrogens (tertiary/aromatic N) is 2. The van der Waals surface area contributed by atoms with E-state index in [9.17, 15) is 9.59 Å². The summed E-state index contributed by atoms with van der Waals surface area (Å²) in [5, 5.41) is 11.6.